The summed E-state index contributed by atoms with van der Waals surface area (Å²) in [4.78, 5) is 11.9. The van der Waals surface area contributed by atoms with E-state index in [2.05, 4.69) is 52.8 Å². The number of aromatic carboxylic acids is 1. The Balaban J connectivity index is 2.82. The summed E-state index contributed by atoms with van der Waals surface area (Å²) >= 11 is 1.38. The van der Waals surface area contributed by atoms with Crippen LogP contribution in [0.5, 0.6) is 0 Å². The fourth-order valence-electron chi connectivity index (χ4n) is 2.37. The highest BCUT2D eigenvalue weighted by Crippen LogP contribution is 2.40. The van der Waals surface area contributed by atoms with Gasteiger partial charge in [0.05, 0.1) is 0 Å². The van der Waals surface area contributed by atoms with Gasteiger partial charge in [0.15, 0.2) is 0 Å². The predicted molar refractivity (Wildman–Crippen MR) is 81.6 cm³/mol. The maximum Gasteiger partial charge on any atom is 0.346 e. The summed E-state index contributed by atoms with van der Waals surface area (Å²) in [6, 6.07) is 6.31. The fourth-order valence-corrected chi connectivity index (χ4v) is 3.60. The second kappa shape index (κ2) is 4.64. The minimum absolute atomic E-state index is 0.165. The highest BCUT2D eigenvalue weighted by molar-refractivity contribution is 7.21. The molecule has 3 heteroatoms. The molecule has 0 atom stereocenters. The summed E-state index contributed by atoms with van der Waals surface area (Å²) < 4.78 is 1.06. The average Bonchev–Trinajstić information content (AvgIpc) is 2.66. The zero-order chi connectivity index (χ0) is 14.4. The lowest BCUT2D eigenvalue weighted by atomic mass is 9.84. The Morgan fingerprint density at radius 1 is 1.26 bits per heavy atom. The number of hydrogen-bond donors (Lipinski definition) is 1. The van der Waals surface area contributed by atoms with Crippen LogP contribution in [0.1, 0.15) is 61.3 Å². The van der Waals surface area contributed by atoms with Crippen molar-refractivity contribution in [2.45, 2.75) is 46.0 Å². The lowest BCUT2D eigenvalue weighted by molar-refractivity contribution is 0.0700. The molecule has 0 radical (unpaired) electrons. The number of carboxylic acids is 1. The number of rotatable bonds is 2. The van der Waals surface area contributed by atoms with Gasteiger partial charge in [-0.3, -0.25) is 0 Å². The summed E-state index contributed by atoms with van der Waals surface area (Å²) in [5, 5.41) is 10.5. The average molecular weight is 276 g/mol. The molecule has 0 aliphatic rings. The van der Waals surface area contributed by atoms with E-state index in [9.17, 15) is 9.90 Å². The van der Waals surface area contributed by atoms with Crippen LogP contribution in [0.25, 0.3) is 10.1 Å². The maximum absolute atomic E-state index is 11.5. The van der Waals surface area contributed by atoms with E-state index in [4.69, 9.17) is 0 Å². The van der Waals surface area contributed by atoms with E-state index in [1.807, 2.05) is 0 Å². The first-order valence-corrected chi connectivity index (χ1v) is 7.33. The number of fused-ring (bicyclic) bond motifs is 1. The Morgan fingerprint density at radius 2 is 1.89 bits per heavy atom. The molecule has 2 aromatic rings. The summed E-state index contributed by atoms with van der Waals surface area (Å²) in [7, 11) is 0. The summed E-state index contributed by atoms with van der Waals surface area (Å²) in [6.07, 6.45) is 0. The van der Waals surface area contributed by atoms with Crippen LogP contribution in [0.4, 0.5) is 0 Å². The molecule has 0 aliphatic heterocycles. The zero-order valence-corrected chi connectivity index (χ0v) is 12.9. The Bertz CT molecular complexity index is 630. The molecule has 1 aromatic carbocycles. The molecule has 2 nitrogen and oxygen atoms in total. The Labute approximate surface area is 118 Å². The molecule has 1 N–H and O–H groups in total. The highest BCUT2D eigenvalue weighted by atomic mass is 32.1. The van der Waals surface area contributed by atoms with Gasteiger partial charge < -0.3 is 5.11 Å². The monoisotopic (exact) mass is 276 g/mol. The molecule has 0 aliphatic carbocycles. The molecule has 1 heterocycles. The molecule has 0 saturated carbocycles. The van der Waals surface area contributed by atoms with Crippen molar-refractivity contribution in [2.75, 3.05) is 0 Å². The van der Waals surface area contributed by atoms with Crippen molar-refractivity contribution in [3.05, 3.63) is 34.2 Å². The summed E-state index contributed by atoms with van der Waals surface area (Å²) in [5.74, 6) is -0.373. The largest absolute Gasteiger partial charge is 0.477 e. The molecule has 2 rings (SSSR count). The minimum Gasteiger partial charge on any atom is -0.477 e. The number of carbonyl (C=O) groups is 1. The van der Waals surface area contributed by atoms with Gasteiger partial charge in [-0.2, -0.15) is 0 Å². The van der Waals surface area contributed by atoms with E-state index >= 15 is 0 Å². The van der Waals surface area contributed by atoms with Gasteiger partial charge in [0.1, 0.15) is 4.88 Å². The molecule has 19 heavy (non-hydrogen) atoms. The Kier molecular flexibility index (Phi) is 3.43. The Morgan fingerprint density at radius 3 is 2.37 bits per heavy atom. The molecule has 1 aromatic heterocycles. The first kappa shape index (κ1) is 14.1. The van der Waals surface area contributed by atoms with Crippen LogP contribution in [0.3, 0.4) is 0 Å². The van der Waals surface area contributed by atoms with Crippen LogP contribution in [0, 0.1) is 0 Å². The molecule has 0 fully saturated rings. The summed E-state index contributed by atoms with van der Waals surface area (Å²) in [5.41, 5.74) is 2.05. The SMILES string of the molecule is CC(C)c1ccc2sc(C(=O)O)c(C(C)(C)C)c2c1. The molecule has 0 bridgehead atoms. The van der Waals surface area contributed by atoms with Crippen LogP contribution < -0.4 is 0 Å². The van der Waals surface area contributed by atoms with E-state index in [-0.39, 0.29) is 5.41 Å². The standard InChI is InChI=1S/C16H20O2S/c1-9(2)10-6-7-12-11(8-10)13(16(3,4)5)14(19-12)15(17)18/h6-9H,1-5H3,(H,17,18). The molecule has 0 saturated heterocycles. The van der Waals surface area contributed by atoms with E-state index in [1.54, 1.807) is 0 Å². The maximum atomic E-state index is 11.5. The minimum atomic E-state index is -0.822. The van der Waals surface area contributed by atoms with Gasteiger partial charge in [-0.05, 0) is 40.0 Å². The molecule has 0 amide bonds. The van der Waals surface area contributed by atoms with E-state index < -0.39 is 5.97 Å². The van der Waals surface area contributed by atoms with Gasteiger partial charge in [0.25, 0.3) is 0 Å². The number of carboxylic acid groups (broad SMARTS) is 1. The van der Waals surface area contributed by atoms with E-state index in [1.165, 1.54) is 16.9 Å². The molecule has 0 spiro atoms. The molecule has 0 unspecified atom stereocenters. The van der Waals surface area contributed by atoms with Crippen molar-refractivity contribution in [3.63, 3.8) is 0 Å². The first-order valence-electron chi connectivity index (χ1n) is 6.52. The van der Waals surface area contributed by atoms with Gasteiger partial charge in [-0.25, -0.2) is 4.79 Å². The van der Waals surface area contributed by atoms with Gasteiger partial charge in [0, 0.05) is 4.70 Å². The number of hydrogen-bond acceptors (Lipinski definition) is 2. The summed E-state index contributed by atoms with van der Waals surface area (Å²) in [6.45, 7) is 10.5. The third-order valence-electron chi connectivity index (χ3n) is 3.32. The molecular weight excluding hydrogens is 256 g/mol. The van der Waals surface area contributed by atoms with Crippen LogP contribution in [-0.4, -0.2) is 11.1 Å². The van der Waals surface area contributed by atoms with Crippen molar-refractivity contribution in [3.8, 4) is 0 Å². The first-order chi connectivity index (χ1) is 8.71. The second-order valence-electron chi connectivity index (χ2n) is 6.27. The normalized spacial score (nSPS) is 12.3. The smallest absolute Gasteiger partial charge is 0.346 e. The van der Waals surface area contributed by atoms with Crippen LogP contribution in [0.2, 0.25) is 0 Å². The third kappa shape index (κ3) is 2.52. The van der Waals surface area contributed by atoms with Crippen molar-refractivity contribution < 1.29 is 9.90 Å². The van der Waals surface area contributed by atoms with Crippen LogP contribution >= 0.6 is 11.3 Å². The van der Waals surface area contributed by atoms with Gasteiger partial charge in [-0.1, -0.05) is 40.7 Å². The van der Waals surface area contributed by atoms with Crippen molar-refractivity contribution in [2.24, 2.45) is 0 Å². The predicted octanol–water partition coefficient (Wildman–Crippen LogP) is 5.02. The molecule has 102 valence electrons. The van der Waals surface area contributed by atoms with E-state index in [0.29, 0.717) is 10.8 Å². The van der Waals surface area contributed by atoms with Crippen molar-refractivity contribution in [1.82, 2.24) is 0 Å². The van der Waals surface area contributed by atoms with Crippen LogP contribution in [0.15, 0.2) is 18.2 Å². The topological polar surface area (TPSA) is 37.3 Å². The Hall–Kier alpha value is -1.35. The van der Waals surface area contributed by atoms with Gasteiger partial charge in [-0.15, -0.1) is 11.3 Å². The van der Waals surface area contributed by atoms with Gasteiger partial charge in [0.2, 0.25) is 0 Å². The van der Waals surface area contributed by atoms with Gasteiger partial charge >= 0.3 is 5.97 Å². The fraction of sp³-hybridized carbons (Fsp3) is 0.438. The second-order valence-corrected chi connectivity index (χ2v) is 7.32. The van der Waals surface area contributed by atoms with Crippen LogP contribution in [-0.2, 0) is 5.41 Å². The zero-order valence-electron chi connectivity index (χ0n) is 12.1. The third-order valence-corrected chi connectivity index (χ3v) is 4.48. The van der Waals surface area contributed by atoms with Crippen molar-refractivity contribution >= 4 is 27.4 Å². The number of benzene rings is 1. The van der Waals surface area contributed by atoms with E-state index in [0.717, 1.165) is 15.6 Å². The lowest BCUT2D eigenvalue weighted by Crippen LogP contribution is -2.14. The van der Waals surface area contributed by atoms with Crippen molar-refractivity contribution in [1.29, 1.82) is 0 Å². The quantitative estimate of drug-likeness (QED) is 0.836. The number of thiophene rings is 1. The highest BCUT2D eigenvalue weighted by Gasteiger charge is 2.27. The lowest BCUT2D eigenvalue weighted by Gasteiger charge is -2.19. The molecular formula is C16H20O2S.